The van der Waals surface area contributed by atoms with E-state index in [-0.39, 0.29) is 43.3 Å². The molecule has 1 N–H and O–H groups in total. The fourth-order valence-corrected chi connectivity index (χ4v) is 3.83. The van der Waals surface area contributed by atoms with Crippen LogP contribution in [-0.2, 0) is 33.5 Å². The predicted molar refractivity (Wildman–Crippen MR) is 117 cm³/mol. The minimum atomic E-state index is -4.78. The highest BCUT2D eigenvalue weighted by Gasteiger charge is 2.43. The molecule has 0 unspecified atom stereocenters. The van der Waals surface area contributed by atoms with Crippen LogP contribution in [0.4, 0.5) is 23.7 Å². The zero-order valence-corrected chi connectivity index (χ0v) is 19.0. The van der Waals surface area contributed by atoms with Gasteiger partial charge in [-0.3, -0.25) is 4.79 Å². The molecule has 1 aliphatic rings. The molecule has 2 aromatic rings. The molecule has 7 nitrogen and oxygen atoms in total. The van der Waals surface area contributed by atoms with Crippen molar-refractivity contribution in [3.63, 3.8) is 0 Å². The third-order valence-electron chi connectivity index (χ3n) is 5.49. The number of carbonyl (C=O) groups excluding carboxylic acids is 3. The summed E-state index contributed by atoms with van der Waals surface area (Å²) in [4.78, 5) is 38.5. The lowest BCUT2D eigenvalue weighted by Crippen LogP contribution is -2.49. The number of anilines is 1. The number of amides is 2. The van der Waals surface area contributed by atoms with E-state index in [0.29, 0.717) is 0 Å². The number of hydrogen-bond acceptors (Lipinski definition) is 5. The van der Waals surface area contributed by atoms with Crippen molar-refractivity contribution in [3.05, 3.63) is 64.7 Å². The maximum atomic E-state index is 13.6. The summed E-state index contributed by atoms with van der Waals surface area (Å²) in [6.07, 6.45) is -5.41. The molecule has 0 fully saturated rings. The fraction of sp³-hybridized carbons (Fsp3) is 0.375. The highest BCUT2D eigenvalue weighted by Crippen LogP contribution is 2.42. The Bertz CT molecular complexity index is 1080. The first-order valence-electron chi connectivity index (χ1n) is 10.5. The topological polar surface area (TPSA) is 84.9 Å². The number of halogens is 3. The van der Waals surface area contributed by atoms with Crippen molar-refractivity contribution < 1.29 is 37.0 Å². The Kier molecular flexibility index (Phi) is 7.18. The van der Waals surface area contributed by atoms with E-state index in [1.165, 1.54) is 4.90 Å². The third-order valence-corrected chi connectivity index (χ3v) is 5.49. The van der Waals surface area contributed by atoms with E-state index < -0.39 is 34.8 Å². The summed E-state index contributed by atoms with van der Waals surface area (Å²) >= 11 is 0. The SMILES string of the molecule is COC(=O)c1cc2c(cc1C(F)(F)F)CC(C)(C)C(=O)N2CCNC(=O)OCc1ccccc1. The Hall–Kier alpha value is -3.56. The lowest BCUT2D eigenvalue weighted by Gasteiger charge is -2.39. The van der Waals surface area contributed by atoms with Gasteiger partial charge in [0.2, 0.25) is 5.91 Å². The summed E-state index contributed by atoms with van der Waals surface area (Å²) in [5, 5.41) is 2.54. The van der Waals surface area contributed by atoms with Gasteiger partial charge in [0, 0.05) is 24.2 Å². The number of nitrogens with one attached hydrogen (secondary N) is 1. The minimum absolute atomic E-state index is 0.0105. The molecule has 2 amide bonds. The van der Waals surface area contributed by atoms with Crippen LogP contribution in [0.15, 0.2) is 42.5 Å². The van der Waals surface area contributed by atoms with Gasteiger partial charge in [-0.2, -0.15) is 13.2 Å². The Labute approximate surface area is 194 Å². The number of rotatable bonds is 6. The van der Waals surface area contributed by atoms with Gasteiger partial charge in [-0.1, -0.05) is 44.2 Å². The van der Waals surface area contributed by atoms with Gasteiger partial charge < -0.3 is 19.7 Å². The van der Waals surface area contributed by atoms with Crippen molar-refractivity contribution in [1.29, 1.82) is 0 Å². The molecular weight excluding hydrogens is 453 g/mol. The number of carbonyl (C=O) groups is 3. The minimum Gasteiger partial charge on any atom is -0.465 e. The van der Waals surface area contributed by atoms with Crippen molar-refractivity contribution >= 4 is 23.7 Å². The van der Waals surface area contributed by atoms with Crippen molar-refractivity contribution in [2.24, 2.45) is 5.41 Å². The van der Waals surface area contributed by atoms with Crippen LogP contribution in [0, 0.1) is 5.41 Å². The first kappa shape index (κ1) is 25.1. The lowest BCUT2D eigenvalue weighted by molar-refractivity contribution is -0.138. The summed E-state index contributed by atoms with van der Waals surface area (Å²) in [6.45, 7) is 3.29. The Balaban J connectivity index is 1.80. The van der Waals surface area contributed by atoms with Crippen LogP contribution >= 0.6 is 0 Å². The van der Waals surface area contributed by atoms with Crippen LogP contribution in [0.1, 0.15) is 40.9 Å². The molecule has 0 bridgehead atoms. The molecule has 1 aliphatic heterocycles. The smallest absolute Gasteiger partial charge is 0.417 e. The lowest BCUT2D eigenvalue weighted by atomic mass is 9.79. The van der Waals surface area contributed by atoms with Crippen LogP contribution < -0.4 is 10.2 Å². The van der Waals surface area contributed by atoms with E-state index in [0.717, 1.165) is 24.8 Å². The molecular formula is C24H25F3N2O5. The maximum Gasteiger partial charge on any atom is 0.417 e. The summed E-state index contributed by atoms with van der Waals surface area (Å²) < 4.78 is 50.5. The van der Waals surface area contributed by atoms with Gasteiger partial charge in [-0.25, -0.2) is 9.59 Å². The van der Waals surface area contributed by atoms with E-state index in [1.807, 2.05) is 18.2 Å². The molecule has 0 atom stereocenters. The third kappa shape index (κ3) is 5.49. The molecule has 0 aliphatic carbocycles. The number of fused-ring (bicyclic) bond motifs is 1. The largest absolute Gasteiger partial charge is 0.465 e. The number of benzene rings is 2. The van der Waals surface area contributed by atoms with Gasteiger partial charge in [0.15, 0.2) is 0 Å². The summed E-state index contributed by atoms with van der Waals surface area (Å²) in [5.74, 6) is -1.50. The number of nitrogens with zero attached hydrogens (tertiary/aromatic N) is 1. The van der Waals surface area contributed by atoms with E-state index in [1.54, 1.807) is 26.0 Å². The highest BCUT2D eigenvalue weighted by molar-refractivity contribution is 6.02. The number of alkyl halides is 3. The number of methoxy groups -OCH3 is 1. The predicted octanol–water partition coefficient (Wildman–Crippen LogP) is 4.33. The molecule has 2 aromatic carbocycles. The fourth-order valence-electron chi connectivity index (χ4n) is 3.83. The molecule has 1 heterocycles. The Morgan fingerprint density at radius 2 is 1.82 bits per heavy atom. The van der Waals surface area contributed by atoms with Crippen LogP contribution in [-0.4, -0.2) is 38.2 Å². The molecule has 34 heavy (non-hydrogen) atoms. The molecule has 0 spiro atoms. The van der Waals surface area contributed by atoms with Crippen LogP contribution in [0.2, 0.25) is 0 Å². The molecule has 0 aromatic heterocycles. The zero-order valence-electron chi connectivity index (χ0n) is 19.0. The summed E-state index contributed by atoms with van der Waals surface area (Å²) in [5.41, 5.74) is -1.52. The standard InChI is InChI=1S/C24H25F3N2O5/c1-23(2)13-16-11-18(24(25,26)27)17(20(30)33-3)12-19(16)29(21(23)31)10-9-28-22(32)34-14-15-7-5-4-6-8-15/h4-8,11-12H,9-10,13-14H2,1-3H3,(H,28,32). The first-order valence-corrected chi connectivity index (χ1v) is 10.5. The molecule has 3 rings (SSSR count). The normalized spacial score (nSPS) is 14.9. The second-order valence-corrected chi connectivity index (χ2v) is 8.52. The summed E-state index contributed by atoms with van der Waals surface area (Å²) in [6, 6.07) is 11.0. The molecule has 0 saturated heterocycles. The van der Waals surface area contributed by atoms with Crippen LogP contribution in [0.3, 0.4) is 0 Å². The average Bonchev–Trinajstić information content (AvgIpc) is 2.79. The number of esters is 1. The average molecular weight is 478 g/mol. The molecule has 182 valence electrons. The van der Waals surface area contributed by atoms with Gasteiger partial charge in [-0.15, -0.1) is 0 Å². The van der Waals surface area contributed by atoms with Gasteiger partial charge in [0.25, 0.3) is 0 Å². The van der Waals surface area contributed by atoms with Crippen molar-refractivity contribution in [3.8, 4) is 0 Å². The number of ether oxygens (including phenoxy) is 2. The molecule has 0 radical (unpaired) electrons. The van der Waals surface area contributed by atoms with E-state index in [4.69, 9.17) is 4.74 Å². The van der Waals surface area contributed by atoms with Crippen molar-refractivity contribution in [1.82, 2.24) is 5.32 Å². The van der Waals surface area contributed by atoms with Gasteiger partial charge in [-0.05, 0) is 29.7 Å². The maximum absolute atomic E-state index is 13.6. The first-order chi connectivity index (χ1) is 15.9. The Morgan fingerprint density at radius 1 is 1.15 bits per heavy atom. The van der Waals surface area contributed by atoms with E-state index in [2.05, 4.69) is 10.1 Å². The van der Waals surface area contributed by atoms with Crippen molar-refractivity contribution in [2.45, 2.75) is 33.1 Å². The van der Waals surface area contributed by atoms with Gasteiger partial charge >= 0.3 is 18.2 Å². The quantitative estimate of drug-likeness (QED) is 0.625. The monoisotopic (exact) mass is 478 g/mol. The second kappa shape index (κ2) is 9.74. The van der Waals surface area contributed by atoms with E-state index in [9.17, 15) is 27.6 Å². The second-order valence-electron chi connectivity index (χ2n) is 8.52. The molecule has 10 heteroatoms. The van der Waals surface area contributed by atoms with Gasteiger partial charge in [0.1, 0.15) is 6.61 Å². The molecule has 0 saturated carbocycles. The highest BCUT2D eigenvalue weighted by atomic mass is 19.4. The van der Waals surface area contributed by atoms with E-state index >= 15 is 0 Å². The van der Waals surface area contributed by atoms with Crippen molar-refractivity contribution in [2.75, 3.05) is 25.1 Å². The Morgan fingerprint density at radius 3 is 2.44 bits per heavy atom. The van der Waals surface area contributed by atoms with Crippen LogP contribution in [0.25, 0.3) is 0 Å². The van der Waals surface area contributed by atoms with Gasteiger partial charge in [0.05, 0.1) is 18.2 Å². The number of alkyl carbamates (subject to hydrolysis) is 1. The zero-order chi connectivity index (χ0) is 25.1. The summed E-state index contributed by atoms with van der Waals surface area (Å²) in [7, 11) is 0.985. The number of hydrogen-bond donors (Lipinski definition) is 1. The van der Waals surface area contributed by atoms with Crippen LogP contribution in [0.5, 0.6) is 0 Å².